The van der Waals surface area contributed by atoms with Crippen molar-refractivity contribution in [2.24, 2.45) is 0 Å². The van der Waals surface area contributed by atoms with Crippen molar-refractivity contribution in [1.82, 2.24) is 0 Å². The molecule has 3 heteroatoms. The van der Waals surface area contributed by atoms with Gasteiger partial charge < -0.3 is 14.6 Å². The lowest BCUT2D eigenvalue weighted by molar-refractivity contribution is 0.117. The molecule has 2 rings (SSSR count). The van der Waals surface area contributed by atoms with Gasteiger partial charge in [0.05, 0.1) is 20.8 Å². The molecule has 0 amide bonds. The molecule has 0 radical (unpaired) electrons. The van der Waals surface area contributed by atoms with Crippen LogP contribution in [-0.4, -0.2) is 25.9 Å². The minimum atomic E-state index is -0.111. The molecule has 1 N–H and O–H groups in total. The predicted molar refractivity (Wildman–Crippen MR) is 62.2 cm³/mol. The number of hydrogen-bond acceptors (Lipinski definition) is 3. The molecule has 0 unspecified atom stereocenters. The van der Waals surface area contributed by atoms with Gasteiger partial charge in [-0.25, -0.2) is 0 Å². The van der Waals surface area contributed by atoms with Crippen molar-refractivity contribution in [3.8, 4) is 11.5 Å². The molecule has 1 aromatic carbocycles. The van der Waals surface area contributed by atoms with Crippen LogP contribution in [0.15, 0.2) is 18.2 Å². The molecule has 1 aliphatic carbocycles. The van der Waals surface area contributed by atoms with Gasteiger partial charge in [0, 0.05) is 11.0 Å². The summed E-state index contributed by atoms with van der Waals surface area (Å²) < 4.78 is 10.6. The molecule has 0 spiro atoms. The van der Waals surface area contributed by atoms with Crippen LogP contribution in [0, 0.1) is 0 Å². The molecule has 1 saturated carbocycles. The Bertz CT molecular complexity index is 364. The van der Waals surface area contributed by atoms with Gasteiger partial charge in [-0.3, -0.25) is 0 Å². The molecule has 1 aliphatic rings. The van der Waals surface area contributed by atoms with Crippen LogP contribution in [-0.2, 0) is 5.41 Å². The van der Waals surface area contributed by atoms with Crippen molar-refractivity contribution < 1.29 is 14.6 Å². The zero-order chi connectivity index (χ0) is 11.6. The third kappa shape index (κ3) is 1.65. The SMILES string of the molecule is COc1ccc(OC)c(C2(CO)CCC2)c1. The molecule has 0 saturated heterocycles. The summed E-state index contributed by atoms with van der Waals surface area (Å²) in [5, 5.41) is 9.58. The summed E-state index contributed by atoms with van der Waals surface area (Å²) in [6.45, 7) is 0.177. The van der Waals surface area contributed by atoms with E-state index in [1.807, 2.05) is 18.2 Å². The minimum Gasteiger partial charge on any atom is -0.497 e. The van der Waals surface area contributed by atoms with Crippen molar-refractivity contribution in [3.05, 3.63) is 23.8 Å². The standard InChI is InChI=1S/C13H18O3/c1-15-10-4-5-12(16-2)11(8-10)13(9-14)6-3-7-13/h4-5,8,14H,3,6-7,9H2,1-2H3. The summed E-state index contributed by atoms with van der Waals surface area (Å²) in [6.07, 6.45) is 3.21. The smallest absolute Gasteiger partial charge is 0.122 e. The Morgan fingerprint density at radius 3 is 2.44 bits per heavy atom. The number of aliphatic hydroxyl groups is 1. The summed E-state index contributed by atoms with van der Waals surface area (Å²) >= 11 is 0. The monoisotopic (exact) mass is 222 g/mol. The fourth-order valence-corrected chi connectivity index (χ4v) is 2.34. The second-order valence-electron chi connectivity index (χ2n) is 4.36. The van der Waals surface area contributed by atoms with Gasteiger partial charge in [0.1, 0.15) is 11.5 Å². The molecule has 1 aromatic rings. The van der Waals surface area contributed by atoms with Gasteiger partial charge >= 0.3 is 0 Å². The largest absolute Gasteiger partial charge is 0.497 e. The van der Waals surface area contributed by atoms with Crippen LogP contribution in [0.3, 0.4) is 0 Å². The normalized spacial score (nSPS) is 17.7. The fourth-order valence-electron chi connectivity index (χ4n) is 2.34. The Morgan fingerprint density at radius 1 is 1.25 bits per heavy atom. The number of rotatable bonds is 4. The maximum atomic E-state index is 9.58. The van der Waals surface area contributed by atoms with Crippen LogP contribution in [0.2, 0.25) is 0 Å². The summed E-state index contributed by atoms with van der Waals surface area (Å²) in [4.78, 5) is 0. The van der Waals surface area contributed by atoms with E-state index in [1.54, 1.807) is 14.2 Å². The van der Waals surface area contributed by atoms with Crippen molar-refractivity contribution >= 4 is 0 Å². The van der Waals surface area contributed by atoms with Crippen molar-refractivity contribution in [2.75, 3.05) is 20.8 Å². The number of aliphatic hydroxyl groups excluding tert-OH is 1. The number of methoxy groups -OCH3 is 2. The van der Waals surface area contributed by atoms with E-state index in [1.165, 1.54) is 6.42 Å². The topological polar surface area (TPSA) is 38.7 Å². The van der Waals surface area contributed by atoms with E-state index < -0.39 is 0 Å². The lowest BCUT2D eigenvalue weighted by atomic mass is 9.65. The molecule has 0 heterocycles. The Hall–Kier alpha value is -1.22. The molecular formula is C13H18O3. The third-order valence-corrected chi connectivity index (χ3v) is 3.59. The first kappa shape index (κ1) is 11.3. The Labute approximate surface area is 96.0 Å². The molecule has 0 atom stereocenters. The fraction of sp³-hybridized carbons (Fsp3) is 0.538. The van der Waals surface area contributed by atoms with Gasteiger partial charge in [0.2, 0.25) is 0 Å². The van der Waals surface area contributed by atoms with E-state index >= 15 is 0 Å². The second kappa shape index (κ2) is 4.34. The molecule has 16 heavy (non-hydrogen) atoms. The lowest BCUT2D eigenvalue weighted by Gasteiger charge is -2.41. The molecule has 0 bridgehead atoms. The highest BCUT2D eigenvalue weighted by Crippen LogP contribution is 2.47. The Balaban J connectivity index is 2.43. The van der Waals surface area contributed by atoms with Crippen LogP contribution in [0.1, 0.15) is 24.8 Å². The molecule has 3 nitrogen and oxygen atoms in total. The van der Waals surface area contributed by atoms with E-state index in [4.69, 9.17) is 9.47 Å². The quantitative estimate of drug-likeness (QED) is 0.848. The first-order chi connectivity index (χ1) is 7.75. The van der Waals surface area contributed by atoms with E-state index in [0.717, 1.165) is 29.9 Å². The van der Waals surface area contributed by atoms with E-state index in [-0.39, 0.29) is 12.0 Å². The average Bonchev–Trinajstić information content (AvgIpc) is 2.28. The zero-order valence-corrected chi connectivity index (χ0v) is 9.82. The van der Waals surface area contributed by atoms with Gasteiger partial charge in [0.15, 0.2) is 0 Å². The maximum absolute atomic E-state index is 9.58. The van der Waals surface area contributed by atoms with E-state index in [0.29, 0.717) is 0 Å². The van der Waals surface area contributed by atoms with E-state index in [9.17, 15) is 5.11 Å². The van der Waals surface area contributed by atoms with Crippen molar-refractivity contribution in [3.63, 3.8) is 0 Å². The molecule has 88 valence electrons. The first-order valence-corrected chi connectivity index (χ1v) is 5.59. The number of ether oxygens (including phenoxy) is 2. The summed E-state index contributed by atoms with van der Waals surface area (Å²) in [6, 6.07) is 5.77. The zero-order valence-electron chi connectivity index (χ0n) is 9.82. The lowest BCUT2D eigenvalue weighted by Crippen LogP contribution is -2.38. The Morgan fingerprint density at radius 2 is 2.00 bits per heavy atom. The number of benzene rings is 1. The average molecular weight is 222 g/mol. The molecule has 1 fully saturated rings. The summed E-state index contributed by atoms with van der Waals surface area (Å²) in [7, 11) is 3.31. The van der Waals surface area contributed by atoms with Crippen LogP contribution in [0.5, 0.6) is 11.5 Å². The number of hydrogen-bond donors (Lipinski definition) is 1. The summed E-state index contributed by atoms with van der Waals surface area (Å²) in [5.41, 5.74) is 0.961. The van der Waals surface area contributed by atoms with Crippen LogP contribution in [0.25, 0.3) is 0 Å². The van der Waals surface area contributed by atoms with Gasteiger partial charge in [0.25, 0.3) is 0 Å². The molecule has 0 aromatic heterocycles. The van der Waals surface area contributed by atoms with E-state index in [2.05, 4.69) is 0 Å². The molecular weight excluding hydrogens is 204 g/mol. The second-order valence-corrected chi connectivity index (χ2v) is 4.36. The summed E-state index contributed by atoms with van der Waals surface area (Å²) in [5.74, 6) is 1.66. The molecule has 0 aliphatic heterocycles. The highest BCUT2D eigenvalue weighted by molar-refractivity contribution is 5.46. The van der Waals surface area contributed by atoms with Crippen LogP contribution < -0.4 is 9.47 Å². The Kier molecular flexibility index (Phi) is 3.06. The third-order valence-electron chi connectivity index (χ3n) is 3.59. The van der Waals surface area contributed by atoms with Gasteiger partial charge in [-0.15, -0.1) is 0 Å². The van der Waals surface area contributed by atoms with Gasteiger partial charge in [-0.1, -0.05) is 6.42 Å². The van der Waals surface area contributed by atoms with Crippen LogP contribution >= 0.6 is 0 Å². The predicted octanol–water partition coefficient (Wildman–Crippen LogP) is 2.12. The van der Waals surface area contributed by atoms with Crippen molar-refractivity contribution in [1.29, 1.82) is 0 Å². The van der Waals surface area contributed by atoms with Crippen molar-refractivity contribution in [2.45, 2.75) is 24.7 Å². The first-order valence-electron chi connectivity index (χ1n) is 5.59. The highest BCUT2D eigenvalue weighted by atomic mass is 16.5. The van der Waals surface area contributed by atoms with Crippen LogP contribution in [0.4, 0.5) is 0 Å². The minimum absolute atomic E-state index is 0.111. The highest BCUT2D eigenvalue weighted by Gasteiger charge is 2.40. The maximum Gasteiger partial charge on any atom is 0.122 e. The van der Waals surface area contributed by atoms with Gasteiger partial charge in [-0.05, 0) is 31.0 Å². The van der Waals surface area contributed by atoms with Gasteiger partial charge in [-0.2, -0.15) is 0 Å².